The van der Waals surface area contributed by atoms with Crippen LogP contribution in [0.4, 0.5) is 5.82 Å². The van der Waals surface area contributed by atoms with E-state index in [-0.39, 0.29) is 18.1 Å². The lowest BCUT2D eigenvalue weighted by atomic mass is 10.2. The van der Waals surface area contributed by atoms with Gasteiger partial charge in [0.15, 0.2) is 0 Å². The van der Waals surface area contributed by atoms with Gasteiger partial charge in [-0.1, -0.05) is 29.8 Å². The summed E-state index contributed by atoms with van der Waals surface area (Å²) in [6, 6.07) is 20.2. The fourth-order valence-corrected chi connectivity index (χ4v) is 4.22. The molecule has 4 rings (SSSR count). The van der Waals surface area contributed by atoms with Crippen LogP contribution in [0.3, 0.4) is 0 Å². The number of aromatic nitrogens is 1. The molecule has 6 nitrogen and oxygen atoms in total. The van der Waals surface area contributed by atoms with E-state index >= 15 is 0 Å². The standard InChI is InChI=1S/C28H33N3O3/c1-20(2)33-28(32)26-6-5-16-29-27(26)30(4)23-15-17-31(19-23)18-22-9-13-25(14-10-22)34-24-11-7-21(3)8-12-24/h5-14,16,20,23H,15,17-19H2,1-4H3. The molecule has 0 amide bonds. The van der Waals surface area contributed by atoms with Gasteiger partial charge in [0.1, 0.15) is 22.9 Å². The van der Waals surface area contributed by atoms with Crippen molar-refractivity contribution in [3.05, 3.63) is 83.6 Å². The highest BCUT2D eigenvalue weighted by atomic mass is 16.5. The van der Waals surface area contributed by atoms with Crippen LogP contribution in [-0.2, 0) is 11.3 Å². The molecule has 2 aromatic carbocycles. The number of carbonyl (C=O) groups is 1. The maximum absolute atomic E-state index is 12.5. The number of hydrogen-bond donors (Lipinski definition) is 0. The number of rotatable bonds is 8. The first-order chi connectivity index (χ1) is 16.4. The summed E-state index contributed by atoms with van der Waals surface area (Å²) in [5.74, 6) is 2.03. The minimum atomic E-state index is -0.326. The molecule has 1 aliphatic rings. The Labute approximate surface area is 202 Å². The highest BCUT2D eigenvalue weighted by Crippen LogP contribution is 2.26. The fraction of sp³-hybridized carbons (Fsp3) is 0.357. The van der Waals surface area contributed by atoms with Crippen molar-refractivity contribution in [3.63, 3.8) is 0 Å². The first-order valence-corrected chi connectivity index (χ1v) is 11.8. The second-order valence-electron chi connectivity index (χ2n) is 9.18. The molecule has 0 spiro atoms. The molecule has 1 saturated heterocycles. The van der Waals surface area contributed by atoms with Crippen LogP contribution in [0.5, 0.6) is 11.5 Å². The summed E-state index contributed by atoms with van der Waals surface area (Å²) in [7, 11) is 2.01. The van der Waals surface area contributed by atoms with E-state index in [9.17, 15) is 4.79 Å². The number of hydrogen-bond acceptors (Lipinski definition) is 6. The van der Waals surface area contributed by atoms with Crippen LogP contribution in [0.25, 0.3) is 0 Å². The third kappa shape index (κ3) is 5.94. The van der Waals surface area contributed by atoms with E-state index in [1.165, 1.54) is 11.1 Å². The van der Waals surface area contributed by atoms with E-state index in [1.54, 1.807) is 18.3 Å². The zero-order valence-electron chi connectivity index (χ0n) is 20.4. The predicted octanol–water partition coefficient (Wildman–Crippen LogP) is 5.46. The molecule has 0 N–H and O–H groups in total. The maximum Gasteiger partial charge on any atom is 0.342 e. The van der Waals surface area contributed by atoms with Crippen LogP contribution < -0.4 is 9.64 Å². The van der Waals surface area contributed by atoms with Gasteiger partial charge in [-0.05, 0) is 69.2 Å². The number of benzene rings is 2. The van der Waals surface area contributed by atoms with Gasteiger partial charge in [-0.25, -0.2) is 9.78 Å². The van der Waals surface area contributed by atoms with E-state index in [0.29, 0.717) is 11.4 Å². The van der Waals surface area contributed by atoms with E-state index in [1.807, 2.05) is 57.3 Å². The third-order valence-electron chi connectivity index (χ3n) is 6.06. The molecule has 1 atom stereocenters. The Kier molecular flexibility index (Phi) is 7.48. The van der Waals surface area contributed by atoms with Gasteiger partial charge in [0, 0.05) is 38.9 Å². The molecule has 0 saturated carbocycles. The summed E-state index contributed by atoms with van der Waals surface area (Å²) in [6.07, 6.45) is 2.58. The number of anilines is 1. The van der Waals surface area contributed by atoms with Crippen molar-refractivity contribution in [2.24, 2.45) is 0 Å². The minimum absolute atomic E-state index is 0.165. The van der Waals surface area contributed by atoms with Gasteiger partial charge >= 0.3 is 5.97 Å². The Balaban J connectivity index is 1.35. The van der Waals surface area contributed by atoms with Crippen molar-refractivity contribution in [1.82, 2.24) is 9.88 Å². The van der Waals surface area contributed by atoms with Crippen molar-refractivity contribution in [2.45, 2.75) is 45.9 Å². The largest absolute Gasteiger partial charge is 0.459 e. The summed E-state index contributed by atoms with van der Waals surface area (Å²) >= 11 is 0. The number of carbonyl (C=O) groups excluding carboxylic acids is 1. The quantitative estimate of drug-likeness (QED) is 0.417. The van der Waals surface area contributed by atoms with E-state index in [4.69, 9.17) is 9.47 Å². The molecule has 0 bridgehead atoms. The highest BCUT2D eigenvalue weighted by molar-refractivity contribution is 5.94. The lowest BCUT2D eigenvalue weighted by Gasteiger charge is -2.27. The number of esters is 1. The van der Waals surface area contributed by atoms with Crippen LogP contribution >= 0.6 is 0 Å². The molecule has 6 heteroatoms. The maximum atomic E-state index is 12.5. The van der Waals surface area contributed by atoms with Crippen LogP contribution in [0, 0.1) is 6.92 Å². The van der Waals surface area contributed by atoms with E-state index < -0.39 is 0 Å². The summed E-state index contributed by atoms with van der Waals surface area (Å²) in [5, 5.41) is 0. The molecule has 1 aromatic heterocycles. The normalized spacial score (nSPS) is 16.0. The van der Waals surface area contributed by atoms with Gasteiger partial charge in [-0.15, -0.1) is 0 Å². The number of nitrogens with zero attached hydrogens (tertiary/aromatic N) is 3. The Bertz CT molecular complexity index is 1100. The second kappa shape index (κ2) is 10.7. The Morgan fingerprint density at radius 2 is 1.76 bits per heavy atom. The second-order valence-corrected chi connectivity index (χ2v) is 9.18. The zero-order valence-corrected chi connectivity index (χ0v) is 20.4. The highest BCUT2D eigenvalue weighted by Gasteiger charge is 2.29. The van der Waals surface area contributed by atoms with Crippen LogP contribution in [-0.4, -0.2) is 48.1 Å². The van der Waals surface area contributed by atoms with Crippen molar-refractivity contribution in [1.29, 1.82) is 0 Å². The fourth-order valence-electron chi connectivity index (χ4n) is 4.22. The molecule has 0 radical (unpaired) electrons. The Morgan fingerprint density at radius 1 is 1.09 bits per heavy atom. The van der Waals surface area contributed by atoms with Gasteiger partial charge in [0.2, 0.25) is 0 Å². The number of likely N-dealkylation sites (tertiary alicyclic amines) is 1. The van der Waals surface area contributed by atoms with Gasteiger partial charge in [-0.2, -0.15) is 0 Å². The molecular formula is C28H33N3O3. The number of likely N-dealkylation sites (N-methyl/N-ethyl adjacent to an activating group) is 1. The number of aryl methyl sites for hydroxylation is 1. The van der Waals surface area contributed by atoms with Gasteiger partial charge in [0.05, 0.1) is 6.10 Å². The first kappa shape index (κ1) is 23.8. The molecule has 3 aromatic rings. The van der Waals surface area contributed by atoms with Crippen LogP contribution in [0.2, 0.25) is 0 Å². The third-order valence-corrected chi connectivity index (χ3v) is 6.06. The summed E-state index contributed by atoms with van der Waals surface area (Å²) in [5.41, 5.74) is 2.98. The average Bonchev–Trinajstić information content (AvgIpc) is 3.29. The molecule has 34 heavy (non-hydrogen) atoms. The predicted molar refractivity (Wildman–Crippen MR) is 135 cm³/mol. The van der Waals surface area contributed by atoms with Crippen molar-refractivity contribution < 1.29 is 14.3 Å². The van der Waals surface area contributed by atoms with Crippen molar-refractivity contribution >= 4 is 11.8 Å². The smallest absolute Gasteiger partial charge is 0.342 e. The molecule has 1 unspecified atom stereocenters. The monoisotopic (exact) mass is 459 g/mol. The first-order valence-electron chi connectivity index (χ1n) is 11.8. The lowest BCUT2D eigenvalue weighted by Crippen LogP contribution is -2.36. The molecule has 178 valence electrons. The lowest BCUT2D eigenvalue weighted by molar-refractivity contribution is 0.0378. The minimum Gasteiger partial charge on any atom is -0.459 e. The molecule has 1 fully saturated rings. The number of pyridine rings is 1. The van der Waals surface area contributed by atoms with E-state index in [2.05, 4.69) is 33.8 Å². The summed E-state index contributed by atoms with van der Waals surface area (Å²) in [6.45, 7) is 8.55. The molecular weight excluding hydrogens is 426 g/mol. The average molecular weight is 460 g/mol. The van der Waals surface area contributed by atoms with E-state index in [0.717, 1.165) is 37.6 Å². The van der Waals surface area contributed by atoms with Gasteiger partial charge < -0.3 is 14.4 Å². The molecule has 2 heterocycles. The summed E-state index contributed by atoms with van der Waals surface area (Å²) < 4.78 is 11.4. The van der Waals surface area contributed by atoms with Gasteiger partial charge in [0.25, 0.3) is 0 Å². The zero-order chi connectivity index (χ0) is 24.1. The van der Waals surface area contributed by atoms with Gasteiger partial charge in [-0.3, -0.25) is 4.90 Å². The Morgan fingerprint density at radius 3 is 2.44 bits per heavy atom. The SMILES string of the molecule is Cc1ccc(Oc2ccc(CN3CCC(N(C)c4ncccc4C(=O)OC(C)C)C3)cc2)cc1. The molecule has 0 aliphatic carbocycles. The van der Waals surface area contributed by atoms with Crippen LogP contribution in [0.15, 0.2) is 66.9 Å². The summed E-state index contributed by atoms with van der Waals surface area (Å²) in [4.78, 5) is 21.6. The van der Waals surface area contributed by atoms with Crippen molar-refractivity contribution in [3.8, 4) is 11.5 Å². The molecule has 1 aliphatic heterocycles. The van der Waals surface area contributed by atoms with Crippen LogP contribution in [0.1, 0.15) is 41.8 Å². The Hall–Kier alpha value is -3.38. The number of ether oxygens (including phenoxy) is 2. The topological polar surface area (TPSA) is 54.9 Å². The van der Waals surface area contributed by atoms with Crippen molar-refractivity contribution in [2.75, 3.05) is 25.0 Å².